The molecule has 0 fully saturated rings. The first kappa shape index (κ1) is 14.6. The van der Waals surface area contributed by atoms with E-state index >= 15 is 0 Å². The average Bonchev–Trinajstić information content (AvgIpc) is 2.32. The molecule has 2 aromatic carbocycles. The minimum atomic E-state index is -0.979. The van der Waals surface area contributed by atoms with Gasteiger partial charge in [0.2, 0.25) is 0 Å². The Kier molecular flexibility index (Phi) is 4.13. The van der Waals surface area contributed by atoms with E-state index in [0.29, 0.717) is 5.56 Å². The van der Waals surface area contributed by atoms with Crippen molar-refractivity contribution >= 4 is 27.5 Å². The molecule has 2 aromatic rings. The molecule has 0 aliphatic rings. The van der Waals surface area contributed by atoms with Gasteiger partial charge in [0.25, 0.3) is 5.91 Å². The fraction of sp³-hybridized carbons (Fsp3) is 0.0714. The van der Waals surface area contributed by atoms with Crippen molar-refractivity contribution in [2.75, 3.05) is 5.32 Å². The maximum atomic E-state index is 13.6. The lowest BCUT2D eigenvalue weighted by atomic mass is 10.1. The Morgan fingerprint density at radius 3 is 2.20 bits per heavy atom. The molecule has 0 aromatic heterocycles. The normalized spacial score (nSPS) is 10.4. The average molecular weight is 344 g/mol. The van der Waals surface area contributed by atoms with E-state index in [9.17, 15) is 18.0 Å². The van der Waals surface area contributed by atoms with Crippen LogP contribution < -0.4 is 5.32 Å². The second-order valence-corrected chi connectivity index (χ2v) is 5.08. The standard InChI is InChI=1S/C14H9BrF3NO/c1-7-4-9(2-3-10(7)16)19-14(20)13-11(17)5-8(15)6-12(13)18/h2-6H,1H3,(H,19,20). The van der Waals surface area contributed by atoms with Crippen LogP contribution in [0.3, 0.4) is 0 Å². The highest BCUT2D eigenvalue weighted by Crippen LogP contribution is 2.21. The lowest BCUT2D eigenvalue weighted by Gasteiger charge is -2.08. The molecule has 0 unspecified atom stereocenters. The van der Waals surface area contributed by atoms with Crippen molar-refractivity contribution in [2.45, 2.75) is 6.92 Å². The number of halogens is 4. The van der Waals surface area contributed by atoms with Crippen LogP contribution in [0.1, 0.15) is 15.9 Å². The summed E-state index contributed by atoms with van der Waals surface area (Å²) >= 11 is 2.93. The van der Waals surface area contributed by atoms with E-state index in [1.165, 1.54) is 25.1 Å². The summed E-state index contributed by atoms with van der Waals surface area (Å²) in [5.41, 5.74) is -0.106. The van der Waals surface area contributed by atoms with Gasteiger partial charge < -0.3 is 5.32 Å². The second-order valence-electron chi connectivity index (χ2n) is 4.16. The van der Waals surface area contributed by atoms with E-state index < -0.39 is 28.9 Å². The Hall–Kier alpha value is -1.82. The molecule has 0 bridgehead atoms. The summed E-state index contributed by atoms with van der Waals surface area (Å²) in [6, 6.07) is 5.85. The van der Waals surface area contributed by atoms with Crippen molar-refractivity contribution in [3.05, 3.63) is 63.4 Å². The fourth-order valence-electron chi connectivity index (χ4n) is 1.68. The van der Waals surface area contributed by atoms with Crippen LogP contribution in [0.5, 0.6) is 0 Å². The molecule has 0 heterocycles. The van der Waals surface area contributed by atoms with Gasteiger partial charge in [-0.2, -0.15) is 0 Å². The van der Waals surface area contributed by atoms with E-state index in [4.69, 9.17) is 0 Å². The Morgan fingerprint density at radius 1 is 1.05 bits per heavy atom. The molecule has 20 heavy (non-hydrogen) atoms. The number of carbonyl (C=O) groups is 1. The van der Waals surface area contributed by atoms with Gasteiger partial charge in [-0.3, -0.25) is 4.79 Å². The summed E-state index contributed by atoms with van der Waals surface area (Å²) in [4.78, 5) is 11.9. The van der Waals surface area contributed by atoms with Crippen molar-refractivity contribution in [2.24, 2.45) is 0 Å². The number of anilines is 1. The molecular weight excluding hydrogens is 335 g/mol. The van der Waals surface area contributed by atoms with Crippen molar-refractivity contribution in [3.63, 3.8) is 0 Å². The Bertz CT molecular complexity index is 665. The SMILES string of the molecule is Cc1cc(NC(=O)c2c(F)cc(Br)cc2F)ccc1F. The van der Waals surface area contributed by atoms with Gasteiger partial charge in [-0.15, -0.1) is 0 Å². The molecule has 0 saturated heterocycles. The van der Waals surface area contributed by atoms with E-state index in [1.807, 2.05) is 0 Å². The van der Waals surface area contributed by atoms with E-state index in [2.05, 4.69) is 21.2 Å². The molecular formula is C14H9BrF3NO. The maximum absolute atomic E-state index is 13.6. The lowest BCUT2D eigenvalue weighted by molar-refractivity contribution is 0.101. The first-order chi connectivity index (χ1) is 9.38. The summed E-state index contributed by atoms with van der Waals surface area (Å²) in [5, 5.41) is 2.33. The number of amides is 1. The number of aryl methyl sites for hydroxylation is 1. The van der Waals surface area contributed by atoms with Crippen LogP contribution in [0.15, 0.2) is 34.8 Å². The van der Waals surface area contributed by atoms with Crippen LogP contribution in [0.2, 0.25) is 0 Å². The molecule has 0 aliphatic carbocycles. The summed E-state index contributed by atoms with van der Waals surface area (Å²) in [5.74, 6) is -3.32. The van der Waals surface area contributed by atoms with Crippen molar-refractivity contribution in [1.29, 1.82) is 0 Å². The molecule has 6 heteroatoms. The number of hydrogen-bond donors (Lipinski definition) is 1. The van der Waals surface area contributed by atoms with Gasteiger partial charge >= 0.3 is 0 Å². The van der Waals surface area contributed by atoms with Gasteiger partial charge in [0.15, 0.2) is 0 Å². The number of hydrogen-bond acceptors (Lipinski definition) is 1. The van der Waals surface area contributed by atoms with Crippen LogP contribution in [0.4, 0.5) is 18.9 Å². The minimum absolute atomic E-state index is 0.196. The summed E-state index contributed by atoms with van der Waals surface area (Å²) in [6.07, 6.45) is 0. The first-order valence-corrected chi connectivity index (χ1v) is 6.40. The van der Waals surface area contributed by atoms with Gasteiger partial charge in [-0.05, 0) is 42.8 Å². The van der Waals surface area contributed by atoms with E-state index in [0.717, 1.165) is 12.1 Å². The zero-order valence-electron chi connectivity index (χ0n) is 10.3. The number of benzene rings is 2. The smallest absolute Gasteiger partial charge is 0.261 e. The summed E-state index contributed by atoms with van der Waals surface area (Å²) < 4.78 is 40.5. The molecule has 1 N–H and O–H groups in total. The number of nitrogens with one attached hydrogen (secondary N) is 1. The molecule has 0 aliphatic heterocycles. The van der Waals surface area contributed by atoms with Gasteiger partial charge in [0.05, 0.1) is 0 Å². The second kappa shape index (κ2) is 5.66. The highest BCUT2D eigenvalue weighted by molar-refractivity contribution is 9.10. The molecule has 0 atom stereocenters. The predicted molar refractivity (Wildman–Crippen MR) is 73.1 cm³/mol. The van der Waals surface area contributed by atoms with Crippen molar-refractivity contribution < 1.29 is 18.0 Å². The van der Waals surface area contributed by atoms with Gasteiger partial charge in [-0.25, -0.2) is 13.2 Å². The topological polar surface area (TPSA) is 29.1 Å². The zero-order valence-corrected chi connectivity index (χ0v) is 11.9. The quantitative estimate of drug-likeness (QED) is 0.858. The van der Waals surface area contributed by atoms with Crippen LogP contribution >= 0.6 is 15.9 Å². The monoisotopic (exact) mass is 343 g/mol. The molecule has 0 radical (unpaired) electrons. The van der Waals surface area contributed by atoms with Crippen LogP contribution in [-0.2, 0) is 0 Å². The fourth-order valence-corrected chi connectivity index (χ4v) is 2.08. The lowest BCUT2D eigenvalue weighted by Crippen LogP contribution is -2.16. The Morgan fingerprint density at radius 2 is 1.65 bits per heavy atom. The molecule has 0 spiro atoms. The maximum Gasteiger partial charge on any atom is 0.261 e. The summed E-state index contributed by atoms with van der Waals surface area (Å²) in [7, 11) is 0. The first-order valence-electron chi connectivity index (χ1n) is 5.60. The summed E-state index contributed by atoms with van der Waals surface area (Å²) in [6.45, 7) is 1.52. The van der Waals surface area contributed by atoms with Gasteiger partial charge in [-0.1, -0.05) is 15.9 Å². The molecule has 104 valence electrons. The van der Waals surface area contributed by atoms with Crippen LogP contribution in [0, 0.1) is 24.4 Å². The molecule has 2 nitrogen and oxygen atoms in total. The Balaban J connectivity index is 2.31. The largest absolute Gasteiger partial charge is 0.322 e. The third kappa shape index (κ3) is 3.01. The molecule has 1 amide bonds. The number of rotatable bonds is 2. The highest BCUT2D eigenvalue weighted by Gasteiger charge is 2.18. The predicted octanol–water partition coefficient (Wildman–Crippen LogP) is 4.43. The minimum Gasteiger partial charge on any atom is -0.322 e. The third-order valence-corrected chi connectivity index (χ3v) is 3.11. The third-order valence-electron chi connectivity index (χ3n) is 2.65. The molecule has 2 rings (SSSR count). The van der Waals surface area contributed by atoms with Crippen molar-refractivity contribution in [1.82, 2.24) is 0 Å². The van der Waals surface area contributed by atoms with Gasteiger partial charge in [0, 0.05) is 10.2 Å². The van der Waals surface area contributed by atoms with Crippen LogP contribution in [0.25, 0.3) is 0 Å². The van der Waals surface area contributed by atoms with E-state index in [-0.39, 0.29) is 10.2 Å². The van der Waals surface area contributed by atoms with E-state index in [1.54, 1.807) is 0 Å². The van der Waals surface area contributed by atoms with Crippen molar-refractivity contribution in [3.8, 4) is 0 Å². The highest BCUT2D eigenvalue weighted by atomic mass is 79.9. The Labute approximate surface area is 121 Å². The van der Waals surface area contributed by atoms with Crippen LogP contribution in [-0.4, -0.2) is 5.91 Å². The zero-order chi connectivity index (χ0) is 14.9. The molecule has 0 saturated carbocycles. The van der Waals surface area contributed by atoms with Gasteiger partial charge in [0.1, 0.15) is 23.0 Å². The number of carbonyl (C=O) groups excluding carboxylic acids is 1.